The third-order valence-corrected chi connectivity index (χ3v) is 2.13. The predicted octanol–water partition coefficient (Wildman–Crippen LogP) is 1.02. The summed E-state index contributed by atoms with van der Waals surface area (Å²) in [6.45, 7) is 1.58. The summed E-state index contributed by atoms with van der Waals surface area (Å²) in [5.41, 5.74) is 0.913. The topological polar surface area (TPSA) is 35.8 Å². The molecule has 0 saturated heterocycles. The van der Waals surface area contributed by atoms with E-state index in [4.69, 9.17) is 0 Å². The minimum absolute atomic E-state index is 0.549. The van der Waals surface area contributed by atoms with Crippen LogP contribution in [0, 0.1) is 0 Å². The molecule has 68 valence electrons. The van der Waals surface area contributed by atoms with E-state index >= 15 is 0 Å². The average molecular weight is 176 g/mol. The van der Waals surface area contributed by atoms with E-state index < -0.39 is 6.23 Å². The fourth-order valence-electron chi connectivity index (χ4n) is 1.40. The van der Waals surface area contributed by atoms with E-state index in [0.29, 0.717) is 0 Å². The fourth-order valence-corrected chi connectivity index (χ4v) is 1.40. The van der Waals surface area contributed by atoms with Crippen molar-refractivity contribution in [3.63, 3.8) is 0 Å². The van der Waals surface area contributed by atoms with Gasteiger partial charge in [0.2, 0.25) is 0 Å². The maximum atomic E-state index is 9.85. The molecule has 2 rings (SSSR count). The first-order valence-electron chi connectivity index (χ1n) is 4.36. The van der Waals surface area contributed by atoms with E-state index in [1.807, 2.05) is 35.2 Å². The van der Waals surface area contributed by atoms with Crippen LogP contribution in [0.15, 0.2) is 35.3 Å². The van der Waals surface area contributed by atoms with Crippen LogP contribution in [0.2, 0.25) is 0 Å². The van der Waals surface area contributed by atoms with Crippen molar-refractivity contribution in [1.29, 1.82) is 0 Å². The van der Waals surface area contributed by atoms with Gasteiger partial charge in [-0.15, -0.1) is 0 Å². The minimum atomic E-state index is -0.549. The molecule has 0 spiro atoms. The first-order valence-corrected chi connectivity index (χ1v) is 4.36. The number of aliphatic hydroxyl groups excluding tert-OH is 1. The first kappa shape index (κ1) is 8.26. The van der Waals surface area contributed by atoms with Crippen molar-refractivity contribution in [3.05, 3.63) is 35.9 Å². The smallest absolute Gasteiger partial charge is 0.153 e. The van der Waals surface area contributed by atoms with Gasteiger partial charge in [0.25, 0.3) is 0 Å². The number of rotatable bonds is 2. The molecule has 1 aliphatic rings. The van der Waals surface area contributed by atoms with Gasteiger partial charge in [0.15, 0.2) is 6.23 Å². The Morgan fingerprint density at radius 1 is 1.31 bits per heavy atom. The second-order valence-electron chi connectivity index (χ2n) is 3.04. The van der Waals surface area contributed by atoms with Gasteiger partial charge in [-0.25, -0.2) is 0 Å². The molecule has 0 fully saturated rings. The zero-order valence-electron chi connectivity index (χ0n) is 7.30. The SMILES string of the molecule is OC(c1ccccc1)N1C=NCC1. The number of hydrogen-bond donors (Lipinski definition) is 1. The van der Waals surface area contributed by atoms with Crippen LogP contribution in [0.4, 0.5) is 0 Å². The Morgan fingerprint density at radius 2 is 2.08 bits per heavy atom. The van der Waals surface area contributed by atoms with E-state index in [2.05, 4.69) is 4.99 Å². The molecule has 0 radical (unpaired) electrons. The molecule has 3 nitrogen and oxygen atoms in total. The van der Waals surface area contributed by atoms with Crippen LogP contribution in [-0.2, 0) is 0 Å². The summed E-state index contributed by atoms with van der Waals surface area (Å²) in [6.07, 6.45) is 1.16. The van der Waals surface area contributed by atoms with Crippen molar-refractivity contribution in [2.75, 3.05) is 13.1 Å². The van der Waals surface area contributed by atoms with Gasteiger partial charge in [-0.2, -0.15) is 0 Å². The summed E-state index contributed by atoms with van der Waals surface area (Å²) in [6, 6.07) is 9.61. The number of nitrogens with zero attached hydrogens (tertiary/aromatic N) is 2. The second-order valence-corrected chi connectivity index (χ2v) is 3.04. The summed E-state index contributed by atoms with van der Waals surface area (Å²) >= 11 is 0. The van der Waals surface area contributed by atoms with Crippen molar-refractivity contribution in [1.82, 2.24) is 4.90 Å². The van der Waals surface area contributed by atoms with Crippen molar-refractivity contribution < 1.29 is 5.11 Å². The summed E-state index contributed by atoms with van der Waals surface area (Å²) in [7, 11) is 0. The van der Waals surface area contributed by atoms with Gasteiger partial charge in [0.05, 0.1) is 12.9 Å². The molecular formula is C10H12N2O. The Morgan fingerprint density at radius 3 is 2.69 bits per heavy atom. The molecule has 1 aromatic carbocycles. The molecule has 0 aliphatic carbocycles. The fraction of sp³-hybridized carbons (Fsp3) is 0.300. The van der Waals surface area contributed by atoms with Crippen LogP contribution >= 0.6 is 0 Å². The van der Waals surface area contributed by atoms with Gasteiger partial charge in [0, 0.05) is 12.1 Å². The quantitative estimate of drug-likeness (QED) is 0.730. The molecule has 0 saturated carbocycles. The maximum Gasteiger partial charge on any atom is 0.153 e. The highest BCUT2D eigenvalue weighted by Crippen LogP contribution is 2.16. The van der Waals surface area contributed by atoms with Crippen molar-refractivity contribution in [2.45, 2.75) is 6.23 Å². The van der Waals surface area contributed by atoms with Crippen LogP contribution in [0.25, 0.3) is 0 Å². The molecule has 0 aromatic heterocycles. The minimum Gasteiger partial charge on any atom is -0.369 e. The predicted molar refractivity (Wildman–Crippen MR) is 51.5 cm³/mol. The molecule has 3 heteroatoms. The lowest BCUT2D eigenvalue weighted by atomic mass is 10.2. The van der Waals surface area contributed by atoms with Gasteiger partial charge < -0.3 is 10.0 Å². The number of hydrogen-bond acceptors (Lipinski definition) is 3. The second kappa shape index (κ2) is 3.58. The zero-order valence-corrected chi connectivity index (χ0v) is 7.30. The Labute approximate surface area is 77.3 Å². The lowest BCUT2D eigenvalue weighted by molar-refractivity contribution is 0.0631. The molecule has 1 aromatic rings. The highest BCUT2D eigenvalue weighted by atomic mass is 16.3. The summed E-state index contributed by atoms with van der Waals surface area (Å²) in [5, 5.41) is 9.85. The number of benzene rings is 1. The van der Waals surface area contributed by atoms with Gasteiger partial charge in [-0.1, -0.05) is 30.3 Å². The molecule has 1 N–H and O–H groups in total. The Balaban J connectivity index is 2.13. The molecule has 1 atom stereocenters. The monoisotopic (exact) mass is 176 g/mol. The number of aliphatic hydroxyl groups is 1. The van der Waals surface area contributed by atoms with Crippen molar-refractivity contribution in [2.24, 2.45) is 4.99 Å². The van der Waals surface area contributed by atoms with E-state index in [1.165, 1.54) is 0 Å². The Bertz CT molecular complexity index is 297. The molecule has 1 heterocycles. The molecule has 0 amide bonds. The number of aliphatic imine (C=N–C) groups is 1. The van der Waals surface area contributed by atoms with Crippen LogP contribution in [0.1, 0.15) is 11.8 Å². The highest BCUT2D eigenvalue weighted by Gasteiger charge is 2.16. The highest BCUT2D eigenvalue weighted by molar-refractivity contribution is 5.57. The van der Waals surface area contributed by atoms with Crippen molar-refractivity contribution in [3.8, 4) is 0 Å². The van der Waals surface area contributed by atoms with Crippen LogP contribution in [0.3, 0.4) is 0 Å². The largest absolute Gasteiger partial charge is 0.369 e. The van der Waals surface area contributed by atoms with Gasteiger partial charge >= 0.3 is 0 Å². The molecule has 1 unspecified atom stereocenters. The Kier molecular flexibility index (Phi) is 2.27. The van der Waals surface area contributed by atoms with Crippen molar-refractivity contribution >= 4 is 6.34 Å². The first-order chi connectivity index (χ1) is 6.38. The summed E-state index contributed by atoms with van der Waals surface area (Å²) in [4.78, 5) is 5.88. The summed E-state index contributed by atoms with van der Waals surface area (Å²) < 4.78 is 0. The molecule has 13 heavy (non-hydrogen) atoms. The normalized spacial score (nSPS) is 17.8. The molecule has 1 aliphatic heterocycles. The van der Waals surface area contributed by atoms with Crippen LogP contribution in [0.5, 0.6) is 0 Å². The van der Waals surface area contributed by atoms with Gasteiger partial charge in [-0.05, 0) is 0 Å². The Hall–Kier alpha value is -1.35. The molecule has 0 bridgehead atoms. The van der Waals surface area contributed by atoms with Gasteiger partial charge in [-0.3, -0.25) is 4.99 Å². The van der Waals surface area contributed by atoms with Crippen LogP contribution < -0.4 is 0 Å². The zero-order chi connectivity index (χ0) is 9.10. The van der Waals surface area contributed by atoms with Gasteiger partial charge in [0.1, 0.15) is 0 Å². The maximum absolute atomic E-state index is 9.85. The third kappa shape index (κ3) is 1.70. The van der Waals surface area contributed by atoms with E-state index in [9.17, 15) is 5.11 Å². The van der Waals surface area contributed by atoms with E-state index in [-0.39, 0.29) is 0 Å². The lowest BCUT2D eigenvalue weighted by Gasteiger charge is -2.21. The lowest BCUT2D eigenvalue weighted by Crippen LogP contribution is -2.25. The van der Waals surface area contributed by atoms with E-state index in [0.717, 1.165) is 18.7 Å². The standard InChI is InChI=1S/C10H12N2O/c13-10(12-7-6-11-8-12)9-4-2-1-3-5-9/h1-5,8,10,13H,6-7H2. The molecular weight excluding hydrogens is 164 g/mol. The third-order valence-electron chi connectivity index (χ3n) is 2.13. The summed E-state index contributed by atoms with van der Waals surface area (Å²) in [5.74, 6) is 0. The average Bonchev–Trinajstić information content (AvgIpc) is 2.71. The van der Waals surface area contributed by atoms with E-state index in [1.54, 1.807) is 6.34 Å². The van der Waals surface area contributed by atoms with Crippen LogP contribution in [-0.4, -0.2) is 29.4 Å².